The van der Waals surface area contributed by atoms with E-state index in [4.69, 9.17) is 0 Å². The van der Waals surface area contributed by atoms with Crippen molar-refractivity contribution >= 4 is 0 Å². The molecule has 1 heterocycles. The van der Waals surface area contributed by atoms with Gasteiger partial charge in [-0.05, 0) is 37.5 Å². The third-order valence-corrected chi connectivity index (χ3v) is 4.20. The van der Waals surface area contributed by atoms with E-state index in [9.17, 15) is 5.26 Å². The quantitative estimate of drug-likeness (QED) is 0.835. The Morgan fingerprint density at radius 2 is 2.16 bits per heavy atom. The lowest BCUT2D eigenvalue weighted by atomic mass is 9.70. The fourth-order valence-corrected chi connectivity index (χ4v) is 2.87. The topological polar surface area (TPSA) is 54.5 Å². The van der Waals surface area contributed by atoms with Crippen molar-refractivity contribution in [2.24, 2.45) is 17.3 Å². The average Bonchev–Trinajstić information content (AvgIpc) is 2.79. The zero-order valence-electron chi connectivity index (χ0n) is 12.3. The van der Waals surface area contributed by atoms with Crippen LogP contribution in [0.5, 0.6) is 0 Å². The standard InChI is InChI=1S/C15H24N4/c1-12(2)9-19-14(17-11-18-19)8-15(10-16)6-4-13(3)5-7-15/h11-13H,4-9H2,1-3H3. The molecule has 1 aromatic rings. The predicted molar refractivity (Wildman–Crippen MR) is 74.2 cm³/mol. The van der Waals surface area contributed by atoms with E-state index < -0.39 is 0 Å². The maximum absolute atomic E-state index is 9.59. The summed E-state index contributed by atoms with van der Waals surface area (Å²) in [6, 6.07) is 2.58. The Bertz CT molecular complexity index is 447. The molecule has 1 saturated carbocycles. The molecule has 0 N–H and O–H groups in total. The minimum atomic E-state index is -0.214. The molecule has 1 aromatic heterocycles. The molecule has 0 unspecified atom stereocenters. The highest BCUT2D eigenvalue weighted by molar-refractivity contribution is 5.07. The summed E-state index contributed by atoms with van der Waals surface area (Å²) in [4.78, 5) is 4.38. The molecule has 0 aliphatic heterocycles. The Morgan fingerprint density at radius 3 is 2.74 bits per heavy atom. The van der Waals surface area contributed by atoms with Crippen molar-refractivity contribution in [1.82, 2.24) is 14.8 Å². The zero-order chi connectivity index (χ0) is 13.9. The second-order valence-electron chi connectivity index (χ2n) is 6.50. The molecule has 1 aliphatic rings. The van der Waals surface area contributed by atoms with Crippen LogP contribution in [-0.2, 0) is 13.0 Å². The monoisotopic (exact) mass is 260 g/mol. The summed E-state index contributed by atoms with van der Waals surface area (Å²) in [5.74, 6) is 2.28. The van der Waals surface area contributed by atoms with Crippen LogP contribution >= 0.6 is 0 Å². The maximum Gasteiger partial charge on any atom is 0.138 e. The molecule has 0 saturated heterocycles. The van der Waals surface area contributed by atoms with Gasteiger partial charge in [0.05, 0.1) is 11.5 Å². The van der Waals surface area contributed by atoms with Gasteiger partial charge in [-0.3, -0.25) is 0 Å². The van der Waals surface area contributed by atoms with Crippen LogP contribution in [0.3, 0.4) is 0 Å². The smallest absolute Gasteiger partial charge is 0.138 e. The summed E-state index contributed by atoms with van der Waals surface area (Å²) in [5, 5.41) is 13.9. The Hall–Kier alpha value is -1.37. The Morgan fingerprint density at radius 1 is 1.47 bits per heavy atom. The number of hydrogen-bond donors (Lipinski definition) is 0. The van der Waals surface area contributed by atoms with Gasteiger partial charge in [0.1, 0.15) is 12.2 Å². The first-order chi connectivity index (χ1) is 9.04. The van der Waals surface area contributed by atoms with Gasteiger partial charge >= 0.3 is 0 Å². The molecule has 0 radical (unpaired) electrons. The van der Waals surface area contributed by atoms with Crippen molar-refractivity contribution in [1.29, 1.82) is 5.26 Å². The van der Waals surface area contributed by atoms with Gasteiger partial charge in [-0.1, -0.05) is 20.8 Å². The third kappa shape index (κ3) is 3.34. The lowest BCUT2D eigenvalue weighted by Gasteiger charge is -2.33. The van der Waals surface area contributed by atoms with Gasteiger partial charge in [0.25, 0.3) is 0 Å². The summed E-state index contributed by atoms with van der Waals surface area (Å²) in [5.41, 5.74) is -0.214. The molecule has 104 valence electrons. The largest absolute Gasteiger partial charge is 0.250 e. The second-order valence-corrected chi connectivity index (χ2v) is 6.50. The van der Waals surface area contributed by atoms with Crippen LogP contribution < -0.4 is 0 Å². The van der Waals surface area contributed by atoms with E-state index in [1.807, 2.05) is 4.68 Å². The average molecular weight is 260 g/mol. The van der Waals surface area contributed by atoms with E-state index in [0.717, 1.165) is 50.4 Å². The molecule has 4 heteroatoms. The van der Waals surface area contributed by atoms with Gasteiger partial charge in [0.15, 0.2) is 0 Å². The van der Waals surface area contributed by atoms with Crippen LogP contribution in [-0.4, -0.2) is 14.8 Å². The van der Waals surface area contributed by atoms with E-state index in [1.54, 1.807) is 6.33 Å². The summed E-state index contributed by atoms with van der Waals surface area (Å²) in [6.45, 7) is 7.51. The van der Waals surface area contributed by atoms with Crippen molar-refractivity contribution in [2.45, 2.75) is 59.4 Å². The van der Waals surface area contributed by atoms with Crippen molar-refractivity contribution in [3.63, 3.8) is 0 Å². The fraction of sp³-hybridized carbons (Fsp3) is 0.800. The lowest BCUT2D eigenvalue weighted by molar-refractivity contribution is 0.212. The van der Waals surface area contributed by atoms with Crippen molar-refractivity contribution in [2.75, 3.05) is 0 Å². The highest BCUT2D eigenvalue weighted by Crippen LogP contribution is 2.40. The van der Waals surface area contributed by atoms with Gasteiger partial charge in [-0.2, -0.15) is 10.4 Å². The first kappa shape index (κ1) is 14.0. The van der Waals surface area contributed by atoms with Crippen LogP contribution in [0.25, 0.3) is 0 Å². The van der Waals surface area contributed by atoms with Crippen LogP contribution in [0, 0.1) is 28.6 Å². The predicted octanol–water partition coefficient (Wildman–Crippen LogP) is 3.20. The van der Waals surface area contributed by atoms with Crippen molar-refractivity contribution in [3.8, 4) is 6.07 Å². The summed E-state index contributed by atoms with van der Waals surface area (Å²) in [6.07, 6.45) is 6.69. The molecule has 0 amide bonds. The third-order valence-electron chi connectivity index (χ3n) is 4.20. The van der Waals surface area contributed by atoms with Gasteiger partial charge < -0.3 is 0 Å². The van der Waals surface area contributed by atoms with E-state index in [2.05, 4.69) is 36.9 Å². The molecular formula is C15H24N4. The van der Waals surface area contributed by atoms with Gasteiger partial charge in [0, 0.05) is 13.0 Å². The zero-order valence-corrected chi connectivity index (χ0v) is 12.3. The highest BCUT2D eigenvalue weighted by Gasteiger charge is 2.35. The molecule has 0 bridgehead atoms. The Kier molecular flexibility index (Phi) is 4.24. The number of rotatable bonds is 4. The first-order valence-corrected chi connectivity index (χ1v) is 7.32. The molecule has 0 atom stereocenters. The van der Waals surface area contributed by atoms with Crippen molar-refractivity contribution < 1.29 is 0 Å². The molecular weight excluding hydrogens is 236 g/mol. The number of aromatic nitrogens is 3. The highest BCUT2D eigenvalue weighted by atomic mass is 15.3. The molecule has 4 nitrogen and oxygen atoms in total. The number of hydrogen-bond acceptors (Lipinski definition) is 3. The van der Waals surface area contributed by atoms with E-state index in [1.165, 1.54) is 0 Å². The minimum Gasteiger partial charge on any atom is -0.250 e. The minimum absolute atomic E-state index is 0.214. The van der Waals surface area contributed by atoms with Crippen LogP contribution in [0.2, 0.25) is 0 Å². The molecule has 1 aliphatic carbocycles. The lowest BCUT2D eigenvalue weighted by Crippen LogP contribution is -2.29. The van der Waals surface area contributed by atoms with Gasteiger partial charge in [-0.15, -0.1) is 0 Å². The first-order valence-electron chi connectivity index (χ1n) is 7.32. The summed E-state index contributed by atoms with van der Waals surface area (Å²) in [7, 11) is 0. The van der Waals surface area contributed by atoms with Crippen molar-refractivity contribution in [3.05, 3.63) is 12.2 Å². The molecule has 0 aromatic carbocycles. The van der Waals surface area contributed by atoms with E-state index in [0.29, 0.717) is 5.92 Å². The van der Waals surface area contributed by atoms with Crippen LogP contribution in [0.1, 0.15) is 52.3 Å². The number of nitriles is 1. The summed E-state index contributed by atoms with van der Waals surface area (Å²) >= 11 is 0. The van der Waals surface area contributed by atoms with Crippen LogP contribution in [0.15, 0.2) is 6.33 Å². The van der Waals surface area contributed by atoms with E-state index in [-0.39, 0.29) is 5.41 Å². The van der Waals surface area contributed by atoms with Crippen LogP contribution in [0.4, 0.5) is 0 Å². The Balaban J connectivity index is 2.11. The molecule has 0 spiro atoms. The fourth-order valence-electron chi connectivity index (χ4n) is 2.87. The van der Waals surface area contributed by atoms with Gasteiger partial charge in [0.2, 0.25) is 0 Å². The van der Waals surface area contributed by atoms with E-state index >= 15 is 0 Å². The maximum atomic E-state index is 9.59. The number of nitrogens with zero attached hydrogens (tertiary/aromatic N) is 4. The molecule has 19 heavy (non-hydrogen) atoms. The normalized spacial score (nSPS) is 27.4. The second kappa shape index (κ2) is 5.73. The van der Waals surface area contributed by atoms with Gasteiger partial charge in [-0.25, -0.2) is 9.67 Å². The Labute approximate surface area is 115 Å². The molecule has 2 rings (SSSR count). The SMILES string of the molecule is CC(C)Cn1ncnc1CC1(C#N)CCC(C)CC1. The molecule has 1 fully saturated rings. The summed E-state index contributed by atoms with van der Waals surface area (Å²) < 4.78 is 1.97.